The van der Waals surface area contributed by atoms with E-state index in [0.717, 1.165) is 36.3 Å². The minimum atomic E-state index is -0.524. The Kier molecular flexibility index (Phi) is 5.20. The maximum atomic E-state index is 12.6. The van der Waals surface area contributed by atoms with Gasteiger partial charge >= 0.3 is 0 Å². The highest BCUT2D eigenvalue weighted by molar-refractivity contribution is 7.18. The summed E-state index contributed by atoms with van der Waals surface area (Å²) < 4.78 is 1.19. The molecule has 4 rings (SSSR count). The van der Waals surface area contributed by atoms with E-state index in [0.29, 0.717) is 17.1 Å². The van der Waals surface area contributed by atoms with Gasteiger partial charge in [-0.3, -0.25) is 9.59 Å². The van der Waals surface area contributed by atoms with Crippen molar-refractivity contribution in [2.75, 3.05) is 18.4 Å². The number of piperidine rings is 1. The van der Waals surface area contributed by atoms with Gasteiger partial charge in [-0.05, 0) is 36.4 Å². The summed E-state index contributed by atoms with van der Waals surface area (Å²) in [4.78, 5) is 30.1. The number of primary amides is 1. The number of nitrogens with one attached hydrogen (secondary N) is 2. The van der Waals surface area contributed by atoms with Crippen LogP contribution < -0.4 is 16.0 Å². The van der Waals surface area contributed by atoms with E-state index in [2.05, 4.69) is 11.4 Å². The molecule has 2 aromatic heterocycles. The molecule has 140 valence electrons. The van der Waals surface area contributed by atoms with Gasteiger partial charge in [0, 0.05) is 6.42 Å². The van der Waals surface area contributed by atoms with Gasteiger partial charge in [-0.15, -0.1) is 22.7 Å². The smallest absolute Gasteiger partial charge is 0.280 e. The quantitative estimate of drug-likeness (QED) is 0.612. The average Bonchev–Trinajstić information content (AvgIpc) is 3.28. The lowest BCUT2D eigenvalue weighted by molar-refractivity contribution is -0.929. The molecule has 0 radical (unpaired) electrons. The van der Waals surface area contributed by atoms with Crippen LogP contribution in [0.25, 0.3) is 10.2 Å². The summed E-state index contributed by atoms with van der Waals surface area (Å²) in [6, 6.07) is 10.0. The van der Waals surface area contributed by atoms with Gasteiger partial charge in [-0.1, -0.05) is 12.1 Å². The number of nitrogens with zero attached hydrogens (tertiary/aromatic N) is 1. The van der Waals surface area contributed by atoms with Gasteiger partial charge in [0.25, 0.3) is 11.8 Å². The zero-order valence-electron chi connectivity index (χ0n) is 14.7. The van der Waals surface area contributed by atoms with E-state index >= 15 is 0 Å². The fourth-order valence-electron chi connectivity index (χ4n) is 3.60. The highest BCUT2D eigenvalue weighted by Gasteiger charge is 2.32. The molecule has 3 aromatic rings. The van der Waals surface area contributed by atoms with Crippen LogP contribution >= 0.6 is 22.7 Å². The summed E-state index contributed by atoms with van der Waals surface area (Å²) in [5.41, 5.74) is 6.75. The summed E-state index contributed by atoms with van der Waals surface area (Å²) in [6.07, 6.45) is 3.30. The van der Waals surface area contributed by atoms with Crippen LogP contribution in [0.1, 0.15) is 40.7 Å². The molecule has 3 heterocycles. The summed E-state index contributed by atoms with van der Waals surface area (Å²) >= 11 is 3.04. The zero-order valence-corrected chi connectivity index (χ0v) is 16.4. The van der Waals surface area contributed by atoms with Crippen LogP contribution in [0.2, 0.25) is 0 Å². The van der Waals surface area contributed by atoms with E-state index < -0.39 is 5.91 Å². The third kappa shape index (κ3) is 3.87. The van der Waals surface area contributed by atoms with E-state index in [1.54, 1.807) is 22.8 Å². The standard InChI is InChI=1S/C19H20N4O2S2/c20-17(25)12-8-10-26-18(12)22-16(24)11-23-9-4-3-6-14(23)19-21-13-5-1-2-7-15(13)27-19/h1-2,5,7-8,10,14H,3-4,6,9,11H2,(H2,20,25)(H,22,24)/p+1/t14-/m0/s1. The van der Waals surface area contributed by atoms with Crippen LogP contribution in [0.5, 0.6) is 0 Å². The Hall–Kier alpha value is -2.29. The number of amides is 2. The van der Waals surface area contributed by atoms with E-state index in [1.807, 2.05) is 18.2 Å². The molecule has 0 saturated carbocycles. The first-order chi connectivity index (χ1) is 13.1. The Morgan fingerprint density at radius 3 is 2.93 bits per heavy atom. The Bertz CT molecular complexity index is 948. The molecule has 1 unspecified atom stereocenters. The highest BCUT2D eigenvalue weighted by atomic mass is 32.1. The van der Waals surface area contributed by atoms with Crippen LogP contribution in [0.15, 0.2) is 35.7 Å². The van der Waals surface area contributed by atoms with E-state index in [1.165, 1.54) is 20.9 Å². The number of anilines is 1. The number of hydrogen-bond acceptors (Lipinski definition) is 5. The lowest BCUT2D eigenvalue weighted by Crippen LogP contribution is -3.14. The van der Waals surface area contributed by atoms with Crippen LogP contribution in [-0.2, 0) is 4.79 Å². The molecule has 0 bridgehead atoms. The maximum Gasteiger partial charge on any atom is 0.280 e. The third-order valence-electron chi connectivity index (χ3n) is 4.91. The average molecular weight is 402 g/mol. The van der Waals surface area contributed by atoms with Gasteiger partial charge in [0.2, 0.25) is 0 Å². The largest absolute Gasteiger partial charge is 0.366 e. The van der Waals surface area contributed by atoms with Crippen LogP contribution in [0.3, 0.4) is 0 Å². The molecule has 0 aliphatic carbocycles. The number of carbonyl (C=O) groups is 2. The molecule has 6 nitrogen and oxygen atoms in total. The number of aromatic nitrogens is 1. The molecule has 8 heteroatoms. The first kappa shape index (κ1) is 18.1. The summed E-state index contributed by atoms with van der Waals surface area (Å²) in [6.45, 7) is 1.30. The van der Waals surface area contributed by atoms with Crippen molar-refractivity contribution in [1.82, 2.24) is 4.98 Å². The van der Waals surface area contributed by atoms with Crippen molar-refractivity contribution in [1.29, 1.82) is 0 Å². The van der Waals surface area contributed by atoms with Crippen molar-refractivity contribution < 1.29 is 14.5 Å². The number of rotatable bonds is 5. The molecule has 1 aromatic carbocycles. The molecule has 4 N–H and O–H groups in total. The van der Waals surface area contributed by atoms with E-state index in [4.69, 9.17) is 10.7 Å². The van der Waals surface area contributed by atoms with Crippen molar-refractivity contribution in [2.45, 2.75) is 25.3 Å². The van der Waals surface area contributed by atoms with Gasteiger partial charge in [0.05, 0.1) is 22.3 Å². The number of thiophene rings is 1. The number of likely N-dealkylation sites (tertiary alicyclic amines) is 1. The lowest BCUT2D eigenvalue weighted by Gasteiger charge is -2.30. The van der Waals surface area contributed by atoms with Gasteiger partial charge in [-0.25, -0.2) is 4.98 Å². The molecule has 2 amide bonds. The topological polar surface area (TPSA) is 89.5 Å². The fraction of sp³-hybridized carbons (Fsp3) is 0.316. The second-order valence-electron chi connectivity index (χ2n) is 6.73. The summed E-state index contributed by atoms with van der Waals surface area (Å²) in [7, 11) is 0. The van der Waals surface area contributed by atoms with Crippen LogP contribution in [0.4, 0.5) is 5.00 Å². The number of nitrogens with two attached hydrogens (primary N) is 1. The number of para-hydroxylation sites is 1. The molecule has 1 saturated heterocycles. The van der Waals surface area contributed by atoms with Crippen LogP contribution in [0, 0.1) is 0 Å². The van der Waals surface area contributed by atoms with Crippen molar-refractivity contribution in [3.63, 3.8) is 0 Å². The summed E-state index contributed by atoms with van der Waals surface area (Å²) in [5.74, 6) is -0.618. The third-order valence-corrected chi connectivity index (χ3v) is 6.89. The molecular formula is C19H21N4O2S2+. The van der Waals surface area contributed by atoms with E-state index in [-0.39, 0.29) is 11.9 Å². The molecule has 1 aliphatic rings. The maximum absolute atomic E-state index is 12.6. The van der Waals surface area contributed by atoms with Crippen molar-refractivity contribution in [3.05, 3.63) is 46.3 Å². The first-order valence-electron chi connectivity index (χ1n) is 8.99. The number of carbonyl (C=O) groups excluding carboxylic acids is 2. The normalized spacial score (nSPS) is 19.9. The zero-order chi connectivity index (χ0) is 18.8. The number of fused-ring (bicyclic) bond motifs is 1. The van der Waals surface area contributed by atoms with Gasteiger partial charge < -0.3 is 16.0 Å². The Morgan fingerprint density at radius 2 is 2.11 bits per heavy atom. The number of benzene rings is 1. The molecule has 27 heavy (non-hydrogen) atoms. The van der Waals surface area contributed by atoms with E-state index in [9.17, 15) is 9.59 Å². The molecule has 2 atom stereocenters. The predicted octanol–water partition coefficient (Wildman–Crippen LogP) is 2.21. The molecule has 1 aliphatic heterocycles. The van der Waals surface area contributed by atoms with Crippen molar-refractivity contribution in [2.24, 2.45) is 5.73 Å². The Balaban J connectivity index is 1.49. The van der Waals surface area contributed by atoms with Gasteiger partial charge in [0.1, 0.15) is 11.0 Å². The number of quaternary nitrogens is 1. The second kappa shape index (κ2) is 7.75. The van der Waals surface area contributed by atoms with Crippen molar-refractivity contribution in [3.8, 4) is 0 Å². The Morgan fingerprint density at radius 1 is 1.26 bits per heavy atom. The predicted molar refractivity (Wildman–Crippen MR) is 108 cm³/mol. The molecular weight excluding hydrogens is 380 g/mol. The monoisotopic (exact) mass is 401 g/mol. The van der Waals surface area contributed by atoms with Crippen LogP contribution in [-0.4, -0.2) is 29.9 Å². The van der Waals surface area contributed by atoms with Gasteiger partial charge in [0.15, 0.2) is 11.6 Å². The fourth-order valence-corrected chi connectivity index (χ4v) is 5.57. The molecule has 0 spiro atoms. The summed E-state index contributed by atoms with van der Waals surface area (Å²) in [5, 5.41) is 6.25. The Labute approximate surface area is 165 Å². The lowest BCUT2D eigenvalue weighted by atomic mass is 10.0. The molecule has 1 fully saturated rings. The van der Waals surface area contributed by atoms with Crippen molar-refractivity contribution >= 4 is 49.7 Å². The highest BCUT2D eigenvalue weighted by Crippen LogP contribution is 2.28. The minimum Gasteiger partial charge on any atom is -0.366 e. The second-order valence-corrected chi connectivity index (χ2v) is 8.71. The van der Waals surface area contributed by atoms with Gasteiger partial charge in [-0.2, -0.15) is 0 Å². The number of thiazole rings is 1. The minimum absolute atomic E-state index is 0.0945. The first-order valence-corrected chi connectivity index (χ1v) is 10.7. The SMILES string of the molecule is NC(=O)c1ccsc1NC(=O)C[NH+]1CCCC[C@H]1c1nc2ccccc2s1. The number of hydrogen-bond donors (Lipinski definition) is 3.